The number of aromatic nitrogens is 3. The highest BCUT2D eigenvalue weighted by Crippen LogP contribution is 2.26. The van der Waals surface area contributed by atoms with E-state index >= 15 is 0 Å². The van der Waals surface area contributed by atoms with Crippen LogP contribution in [-0.4, -0.2) is 40.7 Å². The van der Waals surface area contributed by atoms with Gasteiger partial charge in [-0.05, 0) is 36.5 Å². The predicted molar refractivity (Wildman–Crippen MR) is 112 cm³/mol. The maximum absolute atomic E-state index is 12.8. The molecule has 1 saturated heterocycles. The van der Waals surface area contributed by atoms with Gasteiger partial charge < -0.3 is 15.0 Å². The molecule has 9 heteroatoms. The van der Waals surface area contributed by atoms with Gasteiger partial charge in [0.1, 0.15) is 11.3 Å². The van der Waals surface area contributed by atoms with E-state index in [-0.39, 0.29) is 12.1 Å². The molecular formula is C20H23N5O3S. The van der Waals surface area contributed by atoms with Crippen molar-refractivity contribution in [2.75, 3.05) is 25.1 Å². The summed E-state index contributed by atoms with van der Waals surface area (Å²) in [6.07, 6.45) is 3.55. The summed E-state index contributed by atoms with van der Waals surface area (Å²) in [6.45, 7) is 4.37. The Bertz CT molecular complexity index is 1090. The summed E-state index contributed by atoms with van der Waals surface area (Å²) in [7, 11) is 1.59. The lowest BCUT2D eigenvalue weighted by Crippen LogP contribution is -2.33. The van der Waals surface area contributed by atoms with Crippen molar-refractivity contribution in [2.45, 2.75) is 26.3 Å². The molecule has 3 aromatic rings. The first kappa shape index (κ1) is 19.4. The molecule has 0 atom stereocenters. The van der Waals surface area contributed by atoms with Gasteiger partial charge >= 0.3 is 0 Å². The van der Waals surface area contributed by atoms with E-state index in [1.165, 1.54) is 22.0 Å². The molecule has 1 aliphatic heterocycles. The van der Waals surface area contributed by atoms with Crippen LogP contribution in [0.2, 0.25) is 0 Å². The Balaban J connectivity index is 1.52. The van der Waals surface area contributed by atoms with Crippen molar-refractivity contribution in [1.82, 2.24) is 19.9 Å². The van der Waals surface area contributed by atoms with Crippen molar-refractivity contribution >= 4 is 27.3 Å². The van der Waals surface area contributed by atoms with Gasteiger partial charge in [0.05, 0.1) is 7.11 Å². The molecule has 3 heterocycles. The number of hydrogen-bond donors (Lipinski definition) is 1. The molecule has 1 N–H and O–H groups in total. The molecule has 0 bridgehead atoms. The van der Waals surface area contributed by atoms with Gasteiger partial charge in [0.2, 0.25) is 10.1 Å². The van der Waals surface area contributed by atoms with Crippen LogP contribution in [0.5, 0.6) is 5.75 Å². The normalized spacial score (nSPS) is 14.9. The van der Waals surface area contributed by atoms with Crippen molar-refractivity contribution in [3.05, 3.63) is 51.9 Å². The lowest BCUT2D eigenvalue weighted by atomic mass is 10.00. The molecule has 1 aliphatic rings. The first-order valence-electron chi connectivity index (χ1n) is 9.60. The zero-order valence-corrected chi connectivity index (χ0v) is 17.2. The van der Waals surface area contributed by atoms with Gasteiger partial charge in [0.15, 0.2) is 0 Å². The van der Waals surface area contributed by atoms with E-state index in [0.29, 0.717) is 16.6 Å². The van der Waals surface area contributed by atoms with Crippen molar-refractivity contribution in [3.8, 4) is 5.75 Å². The van der Waals surface area contributed by atoms with Gasteiger partial charge in [-0.15, -0.1) is 5.10 Å². The fourth-order valence-electron chi connectivity index (χ4n) is 3.32. The Morgan fingerprint density at radius 2 is 2.14 bits per heavy atom. The van der Waals surface area contributed by atoms with Crippen LogP contribution in [-0.2, 0) is 6.54 Å². The minimum atomic E-state index is -0.471. The molecular weight excluding hydrogens is 390 g/mol. The molecule has 1 fully saturated rings. The number of carbonyl (C=O) groups is 1. The number of nitrogens with zero attached hydrogens (tertiary/aromatic N) is 4. The van der Waals surface area contributed by atoms with E-state index in [0.717, 1.165) is 36.6 Å². The largest absolute Gasteiger partial charge is 0.497 e. The second-order valence-electron chi connectivity index (χ2n) is 7.26. The number of benzene rings is 1. The zero-order chi connectivity index (χ0) is 20.4. The number of carbonyl (C=O) groups excluding carboxylic acids is 1. The van der Waals surface area contributed by atoms with Crippen LogP contribution >= 0.6 is 11.3 Å². The SMILES string of the molecule is COc1cccc(CNC(=O)c2cnc3sc(N4CCC(C)CC4)nn3c2=O)c1. The third-order valence-corrected chi connectivity index (χ3v) is 6.15. The minimum absolute atomic E-state index is 0.0190. The smallest absolute Gasteiger partial charge is 0.288 e. The summed E-state index contributed by atoms with van der Waals surface area (Å²) < 4.78 is 6.42. The third-order valence-electron chi connectivity index (χ3n) is 5.16. The maximum atomic E-state index is 12.8. The van der Waals surface area contributed by atoms with Crippen LogP contribution in [0.4, 0.5) is 5.13 Å². The summed E-state index contributed by atoms with van der Waals surface area (Å²) >= 11 is 1.37. The van der Waals surface area contributed by atoms with E-state index in [9.17, 15) is 9.59 Å². The number of anilines is 1. The first-order chi connectivity index (χ1) is 14.0. The number of piperidine rings is 1. The van der Waals surface area contributed by atoms with Gasteiger partial charge in [-0.25, -0.2) is 4.98 Å². The van der Waals surface area contributed by atoms with Crippen molar-refractivity contribution in [2.24, 2.45) is 5.92 Å². The van der Waals surface area contributed by atoms with Crippen molar-refractivity contribution in [3.63, 3.8) is 0 Å². The number of ether oxygens (including phenoxy) is 1. The van der Waals surface area contributed by atoms with Crippen LogP contribution in [0.3, 0.4) is 0 Å². The van der Waals surface area contributed by atoms with E-state index in [2.05, 4.69) is 27.2 Å². The highest BCUT2D eigenvalue weighted by atomic mass is 32.1. The summed E-state index contributed by atoms with van der Waals surface area (Å²) in [5.41, 5.74) is 0.405. The monoisotopic (exact) mass is 413 g/mol. The molecule has 1 aromatic carbocycles. The first-order valence-corrected chi connectivity index (χ1v) is 10.4. The molecule has 8 nitrogen and oxygen atoms in total. The molecule has 152 valence electrons. The topological polar surface area (TPSA) is 88.8 Å². The van der Waals surface area contributed by atoms with Crippen LogP contribution in [0, 0.1) is 5.92 Å². The Labute approximate surface area is 172 Å². The van der Waals surface area contributed by atoms with E-state index < -0.39 is 11.5 Å². The highest BCUT2D eigenvalue weighted by molar-refractivity contribution is 7.20. The predicted octanol–water partition coefficient (Wildman–Crippen LogP) is 2.33. The molecule has 1 amide bonds. The summed E-state index contributed by atoms with van der Waals surface area (Å²) in [6, 6.07) is 7.39. The number of nitrogens with one attached hydrogen (secondary N) is 1. The van der Waals surface area contributed by atoms with Crippen molar-refractivity contribution in [1.29, 1.82) is 0 Å². The summed E-state index contributed by atoms with van der Waals surface area (Å²) in [5, 5.41) is 7.97. The Morgan fingerprint density at radius 1 is 1.34 bits per heavy atom. The Kier molecular flexibility index (Phi) is 5.48. The van der Waals surface area contributed by atoms with Crippen LogP contribution in [0.15, 0.2) is 35.3 Å². The second kappa shape index (κ2) is 8.20. The average molecular weight is 414 g/mol. The fourth-order valence-corrected chi connectivity index (χ4v) is 4.23. The number of hydrogen-bond acceptors (Lipinski definition) is 7. The number of methoxy groups -OCH3 is 1. The van der Waals surface area contributed by atoms with Gasteiger partial charge in [-0.1, -0.05) is 30.4 Å². The third kappa shape index (κ3) is 4.09. The zero-order valence-electron chi connectivity index (χ0n) is 16.4. The fraction of sp³-hybridized carbons (Fsp3) is 0.400. The van der Waals surface area contributed by atoms with E-state index in [4.69, 9.17) is 4.74 Å². The quantitative estimate of drug-likeness (QED) is 0.691. The molecule has 29 heavy (non-hydrogen) atoms. The average Bonchev–Trinajstić information content (AvgIpc) is 3.18. The Hall–Kier alpha value is -2.94. The maximum Gasteiger partial charge on any atom is 0.288 e. The molecule has 0 unspecified atom stereocenters. The summed E-state index contributed by atoms with van der Waals surface area (Å²) in [4.78, 5) is 32.3. The van der Waals surface area contributed by atoms with Crippen molar-refractivity contribution < 1.29 is 9.53 Å². The van der Waals surface area contributed by atoms with Crippen LogP contribution in [0.25, 0.3) is 4.96 Å². The highest BCUT2D eigenvalue weighted by Gasteiger charge is 2.21. The standard InChI is InChI=1S/C20H23N5O3S/c1-13-6-8-24(9-7-13)20-23-25-18(27)16(12-22-19(25)29-20)17(26)21-11-14-4-3-5-15(10-14)28-2/h3-5,10,12-13H,6-9,11H2,1-2H3,(H,21,26). The molecule has 0 spiro atoms. The van der Waals surface area contributed by atoms with E-state index in [1.54, 1.807) is 7.11 Å². The number of amides is 1. The van der Waals surface area contributed by atoms with Gasteiger partial charge in [0, 0.05) is 25.8 Å². The second-order valence-corrected chi connectivity index (χ2v) is 8.19. The number of rotatable bonds is 5. The summed E-state index contributed by atoms with van der Waals surface area (Å²) in [5.74, 6) is 0.949. The van der Waals surface area contributed by atoms with Gasteiger partial charge in [-0.2, -0.15) is 4.52 Å². The van der Waals surface area contributed by atoms with Crippen LogP contribution < -0.4 is 20.5 Å². The number of fused-ring (bicyclic) bond motifs is 1. The lowest BCUT2D eigenvalue weighted by molar-refractivity contribution is 0.0948. The van der Waals surface area contributed by atoms with Gasteiger partial charge in [0.25, 0.3) is 11.5 Å². The van der Waals surface area contributed by atoms with Gasteiger partial charge in [-0.3, -0.25) is 9.59 Å². The Morgan fingerprint density at radius 3 is 2.90 bits per heavy atom. The molecule has 0 aliphatic carbocycles. The molecule has 0 saturated carbocycles. The minimum Gasteiger partial charge on any atom is -0.497 e. The molecule has 0 radical (unpaired) electrons. The molecule has 4 rings (SSSR count). The molecule has 2 aromatic heterocycles. The lowest BCUT2D eigenvalue weighted by Gasteiger charge is -2.29. The van der Waals surface area contributed by atoms with E-state index in [1.807, 2.05) is 24.3 Å². The van der Waals surface area contributed by atoms with Crippen LogP contribution in [0.1, 0.15) is 35.7 Å².